The van der Waals surface area contributed by atoms with Crippen molar-refractivity contribution in [3.63, 3.8) is 0 Å². The van der Waals surface area contributed by atoms with E-state index < -0.39 is 0 Å². The molecule has 2 aromatic rings. The molecule has 1 unspecified atom stereocenters. The van der Waals surface area contributed by atoms with Crippen LogP contribution in [0.5, 0.6) is 5.75 Å². The van der Waals surface area contributed by atoms with Crippen LogP contribution in [0.25, 0.3) is 0 Å². The van der Waals surface area contributed by atoms with Crippen LogP contribution in [0.3, 0.4) is 0 Å². The Labute approximate surface area is 192 Å². The molecule has 1 heterocycles. The Bertz CT molecular complexity index is 981. The van der Waals surface area contributed by atoms with Gasteiger partial charge in [-0.05, 0) is 96.9 Å². The molecule has 0 spiro atoms. The number of hydrogen-bond acceptors (Lipinski definition) is 3. The third-order valence-electron chi connectivity index (χ3n) is 8.43. The summed E-state index contributed by atoms with van der Waals surface area (Å²) in [4.78, 5) is 15.7. The zero-order valence-corrected chi connectivity index (χ0v) is 19.7. The summed E-state index contributed by atoms with van der Waals surface area (Å²) < 4.78 is 5.21. The highest BCUT2D eigenvalue weighted by Gasteiger charge is 2.49. The Morgan fingerprint density at radius 3 is 2.69 bits per heavy atom. The number of likely N-dealkylation sites (tertiary alicyclic amines) is 1. The smallest absolute Gasteiger partial charge is 0.251 e. The van der Waals surface area contributed by atoms with E-state index in [1.165, 1.54) is 49.0 Å². The van der Waals surface area contributed by atoms with Gasteiger partial charge in [-0.2, -0.15) is 0 Å². The van der Waals surface area contributed by atoms with Crippen molar-refractivity contribution in [3.8, 4) is 5.75 Å². The second-order valence-electron chi connectivity index (χ2n) is 10.4. The Morgan fingerprint density at radius 1 is 1.19 bits per heavy atom. The van der Waals surface area contributed by atoms with Crippen LogP contribution in [0.15, 0.2) is 42.5 Å². The molecule has 1 saturated heterocycles. The lowest BCUT2D eigenvalue weighted by Crippen LogP contribution is -2.58. The van der Waals surface area contributed by atoms with E-state index in [0.717, 1.165) is 30.1 Å². The van der Waals surface area contributed by atoms with Gasteiger partial charge >= 0.3 is 0 Å². The summed E-state index contributed by atoms with van der Waals surface area (Å²) in [6.45, 7) is 7.99. The molecule has 1 saturated carbocycles. The Hall–Kier alpha value is -2.33. The number of ether oxygens (including phenoxy) is 1. The number of amides is 1. The third-order valence-corrected chi connectivity index (χ3v) is 8.43. The molecular formula is C28H36N2O2. The van der Waals surface area contributed by atoms with E-state index in [4.69, 9.17) is 4.74 Å². The number of nitrogens with zero attached hydrogens (tertiary/aromatic N) is 1. The van der Waals surface area contributed by atoms with E-state index in [0.29, 0.717) is 18.5 Å². The molecule has 4 nitrogen and oxygen atoms in total. The highest BCUT2D eigenvalue weighted by Crippen LogP contribution is 2.49. The third kappa shape index (κ3) is 4.05. The zero-order chi connectivity index (χ0) is 22.3. The maximum atomic E-state index is 12.9. The molecule has 0 radical (unpaired) electrons. The molecule has 0 aromatic heterocycles. The topological polar surface area (TPSA) is 41.6 Å². The van der Waals surface area contributed by atoms with Gasteiger partial charge in [-0.1, -0.05) is 32.0 Å². The first kappa shape index (κ1) is 21.5. The SMILES string of the molecule is COc1ccc(CCNC(=O)c2ccc3c(c2)[C@@]2(C)CCN(CC4CC4)C(C3)[C@@H]2C)cc1. The average molecular weight is 433 g/mol. The summed E-state index contributed by atoms with van der Waals surface area (Å²) in [7, 11) is 1.67. The van der Waals surface area contributed by atoms with Crippen LogP contribution in [-0.2, 0) is 18.3 Å². The molecule has 2 fully saturated rings. The van der Waals surface area contributed by atoms with Gasteiger partial charge in [0.1, 0.15) is 5.75 Å². The van der Waals surface area contributed by atoms with Crippen LogP contribution in [0.2, 0.25) is 0 Å². The van der Waals surface area contributed by atoms with Crippen molar-refractivity contribution in [2.45, 2.75) is 57.4 Å². The normalized spacial score (nSPS) is 27.0. The van der Waals surface area contributed by atoms with Gasteiger partial charge in [0.15, 0.2) is 0 Å². The number of fused-ring (bicyclic) bond motifs is 4. The monoisotopic (exact) mass is 432 g/mol. The van der Waals surface area contributed by atoms with Gasteiger partial charge in [0.25, 0.3) is 5.91 Å². The first-order chi connectivity index (χ1) is 15.5. The number of benzene rings is 2. The Kier molecular flexibility index (Phi) is 5.75. The van der Waals surface area contributed by atoms with E-state index in [-0.39, 0.29) is 11.3 Å². The molecule has 32 heavy (non-hydrogen) atoms. The van der Waals surface area contributed by atoms with Crippen LogP contribution in [0.1, 0.15) is 60.2 Å². The van der Waals surface area contributed by atoms with Crippen molar-refractivity contribution in [2.75, 3.05) is 26.7 Å². The molecule has 1 amide bonds. The van der Waals surface area contributed by atoms with Gasteiger partial charge in [-0.15, -0.1) is 0 Å². The maximum Gasteiger partial charge on any atom is 0.251 e. The molecule has 2 bridgehead atoms. The average Bonchev–Trinajstić information content (AvgIpc) is 3.62. The quantitative estimate of drug-likeness (QED) is 0.695. The zero-order valence-electron chi connectivity index (χ0n) is 19.7. The van der Waals surface area contributed by atoms with Crippen molar-refractivity contribution in [1.82, 2.24) is 10.2 Å². The summed E-state index contributed by atoms with van der Waals surface area (Å²) in [5, 5.41) is 3.12. The lowest BCUT2D eigenvalue weighted by Gasteiger charge is -2.55. The summed E-state index contributed by atoms with van der Waals surface area (Å²) in [6, 6.07) is 15.1. The van der Waals surface area contributed by atoms with E-state index >= 15 is 0 Å². The van der Waals surface area contributed by atoms with Crippen molar-refractivity contribution < 1.29 is 9.53 Å². The molecule has 1 N–H and O–H groups in total. The lowest BCUT2D eigenvalue weighted by atomic mass is 9.59. The fourth-order valence-corrected chi connectivity index (χ4v) is 5.92. The lowest BCUT2D eigenvalue weighted by molar-refractivity contribution is 0.0284. The van der Waals surface area contributed by atoms with E-state index in [2.05, 4.69) is 48.3 Å². The summed E-state index contributed by atoms with van der Waals surface area (Å²) in [6.07, 6.45) is 5.96. The highest BCUT2D eigenvalue weighted by molar-refractivity contribution is 5.94. The molecule has 3 aliphatic rings. The number of carbonyl (C=O) groups is 1. The molecule has 3 atom stereocenters. The molecule has 1 aliphatic heterocycles. The Balaban J connectivity index is 1.26. The van der Waals surface area contributed by atoms with Crippen LogP contribution in [-0.4, -0.2) is 43.6 Å². The predicted molar refractivity (Wildman–Crippen MR) is 128 cm³/mol. The van der Waals surface area contributed by atoms with Crippen molar-refractivity contribution in [1.29, 1.82) is 0 Å². The van der Waals surface area contributed by atoms with Crippen molar-refractivity contribution in [2.24, 2.45) is 11.8 Å². The Morgan fingerprint density at radius 2 is 1.97 bits per heavy atom. The van der Waals surface area contributed by atoms with E-state index in [1.807, 2.05) is 18.2 Å². The molecular weight excluding hydrogens is 396 g/mol. The minimum Gasteiger partial charge on any atom is -0.497 e. The minimum atomic E-state index is 0.0332. The number of piperidine rings is 1. The van der Waals surface area contributed by atoms with Gasteiger partial charge in [0.2, 0.25) is 0 Å². The molecule has 2 aromatic carbocycles. The number of hydrogen-bond donors (Lipinski definition) is 1. The number of methoxy groups -OCH3 is 1. The summed E-state index contributed by atoms with van der Waals surface area (Å²) >= 11 is 0. The van der Waals surface area contributed by atoms with Gasteiger partial charge in [0.05, 0.1) is 7.11 Å². The fourth-order valence-electron chi connectivity index (χ4n) is 5.92. The number of rotatable bonds is 7. The number of carbonyl (C=O) groups excluding carboxylic acids is 1. The molecule has 4 heteroatoms. The van der Waals surface area contributed by atoms with Crippen LogP contribution in [0.4, 0.5) is 0 Å². The van der Waals surface area contributed by atoms with E-state index in [1.54, 1.807) is 7.11 Å². The van der Waals surface area contributed by atoms with Crippen LogP contribution >= 0.6 is 0 Å². The second-order valence-corrected chi connectivity index (χ2v) is 10.4. The standard InChI is InChI=1S/C28H36N2O2/c1-19-26-17-22-8-9-23(27(31)29-14-12-20-6-10-24(32-3)11-7-20)16-25(22)28(19,2)13-15-30(26)18-21-4-5-21/h6-11,16,19,21,26H,4-5,12-15,17-18H2,1-3H3,(H,29,31)/t19-,26?,28-/m0/s1. The van der Waals surface area contributed by atoms with Crippen LogP contribution in [0, 0.1) is 11.8 Å². The first-order valence-corrected chi connectivity index (χ1v) is 12.3. The highest BCUT2D eigenvalue weighted by atomic mass is 16.5. The minimum absolute atomic E-state index is 0.0332. The van der Waals surface area contributed by atoms with Gasteiger partial charge in [0, 0.05) is 24.7 Å². The molecule has 170 valence electrons. The number of nitrogens with one attached hydrogen (secondary N) is 1. The van der Waals surface area contributed by atoms with Crippen molar-refractivity contribution in [3.05, 3.63) is 64.7 Å². The fraction of sp³-hybridized carbons (Fsp3) is 0.536. The predicted octanol–water partition coefficient (Wildman–Crippen LogP) is 4.60. The second kappa shape index (κ2) is 8.55. The largest absolute Gasteiger partial charge is 0.497 e. The van der Waals surface area contributed by atoms with Gasteiger partial charge < -0.3 is 10.1 Å². The first-order valence-electron chi connectivity index (χ1n) is 12.3. The summed E-state index contributed by atoms with van der Waals surface area (Å²) in [5.74, 6) is 2.45. The maximum absolute atomic E-state index is 12.9. The van der Waals surface area contributed by atoms with Gasteiger partial charge in [-0.25, -0.2) is 0 Å². The van der Waals surface area contributed by atoms with Crippen LogP contribution < -0.4 is 10.1 Å². The van der Waals surface area contributed by atoms with E-state index in [9.17, 15) is 4.79 Å². The summed E-state index contributed by atoms with van der Waals surface area (Å²) in [5.41, 5.74) is 5.02. The molecule has 5 rings (SSSR count). The van der Waals surface area contributed by atoms with Gasteiger partial charge in [-0.3, -0.25) is 9.69 Å². The van der Waals surface area contributed by atoms with Crippen molar-refractivity contribution >= 4 is 5.91 Å². The molecule has 2 aliphatic carbocycles.